The van der Waals surface area contributed by atoms with Gasteiger partial charge in [-0.1, -0.05) is 33.0 Å². The Morgan fingerprint density at radius 2 is 1.46 bits per heavy atom. The second-order valence-corrected chi connectivity index (χ2v) is 10.2. The number of aromatic nitrogens is 1. The van der Waals surface area contributed by atoms with Crippen molar-refractivity contribution in [2.75, 3.05) is 30.9 Å². The third-order valence-electron chi connectivity index (χ3n) is 5.69. The number of rotatable bonds is 6. The van der Waals surface area contributed by atoms with Crippen molar-refractivity contribution < 1.29 is 13.6 Å². The summed E-state index contributed by atoms with van der Waals surface area (Å²) in [4.78, 5) is 21.6. The lowest BCUT2D eigenvalue weighted by atomic mass is 10.1. The molecule has 0 N–H and O–H groups in total. The predicted molar refractivity (Wildman–Crippen MR) is 144 cm³/mol. The standard InChI is InChI=1S/C27H26ClFN3O2P/c1-27(29,35)19-9-5-18(6-10-19)25-30-23(26(33)32(4)22-15-11-20(28)12-16-22)24(34-25)17-7-13-21(14-8-17)31(2)3/h5-16H,35H2,1-4H3. The summed E-state index contributed by atoms with van der Waals surface area (Å²) < 4.78 is 20.4. The Hall–Kier alpha value is -3.21. The third-order valence-corrected chi connectivity index (χ3v) is 6.28. The lowest BCUT2D eigenvalue weighted by Gasteiger charge is -2.17. The molecule has 8 heteroatoms. The number of benzene rings is 3. The van der Waals surface area contributed by atoms with Crippen molar-refractivity contribution in [2.45, 2.75) is 12.3 Å². The third kappa shape index (κ3) is 5.39. The predicted octanol–water partition coefficient (Wildman–Crippen LogP) is 7.02. The summed E-state index contributed by atoms with van der Waals surface area (Å²) in [6, 6.07) is 21.5. The summed E-state index contributed by atoms with van der Waals surface area (Å²) in [5, 5.41) is -0.963. The number of halogens is 2. The quantitative estimate of drug-likeness (QED) is 0.262. The molecule has 0 aliphatic heterocycles. The smallest absolute Gasteiger partial charge is 0.280 e. The highest BCUT2D eigenvalue weighted by atomic mass is 35.5. The molecule has 0 fully saturated rings. The van der Waals surface area contributed by atoms with E-state index in [1.165, 1.54) is 11.8 Å². The van der Waals surface area contributed by atoms with Gasteiger partial charge in [0.15, 0.2) is 11.5 Å². The minimum absolute atomic E-state index is 0.181. The first-order chi connectivity index (χ1) is 16.5. The Bertz CT molecular complexity index is 1330. The highest BCUT2D eigenvalue weighted by Gasteiger charge is 2.26. The van der Waals surface area contributed by atoms with Gasteiger partial charge in [0, 0.05) is 48.7 Å². The van der Waals surface area contributed by atoms with Crippen molar-refractivity contribution in [1.82, 2.24) is 4.98 Å². The molecule has 0 saturated carbocycles. The van der Waals surface area contributed by atoms with E-state index in [-0.39, 0.29) is 17.5 Å². The molecule has 5 nitrogen and oxygen atoms in total. The molecule has 4 aromatic rings. The van der Waals surface area contributed by atoms with Crippen LogP contribution in [-0.2, 0) is 5.41 Å². The molecule has 1 amide bonds. The number of carbonyl (C=O) groups excluding carboxylic acids is 1. The van der Waals surface area contributed by atoms with Crippen LogP contribution >= 0.6 is 20.8 Å². The fraction of sp³-hybridized carbons (Fsp3) is 0.185. The molecule has 0 saturated heterocycles. The van der Waals surface area contributed by atoms with Gasteiger partial charge >= 0.3 is 0 Å². The topological polar surface area (TPSA) is 49.6 Å². The zero-order valence-corrected chi connectivity index (χ0v) is 21.8. The molecule has 4 rings (SSSR count). The summed E-state index contributed by atoms with van der Waals surface area (Å²) >= 11 is 6.00. The fourth-order valence-corrected chi connectivity index (χ4v) is 3.89. The molecule has 2 unspecified atom stereocenters. The van der Waals surface area contributed by atoms with Gasteiger partial charge in [0.1, 0.15) is 5.41 Å². The van der Waals surface area contributed by atoms with Gasteiger partial charge in [-0.3, -0.25) is 4.79 Å². The molecule has 1 aromatic heterocycles. The summed E-state index contributed by atoms with van der Waals surface area (Å²) in [6.07, 6.45) is 0. The molecule has 0 aliphatic rings. The zero-order valence-electron chi connectivity index (χ0n) is 19.9. The number of anilines is 2. The Labute approximate surface area is 211 Å². The van der Waals surface area contributed by atoms with Gasteiger partial charge in [0.25, 0.3) is 5.91 Å². The van der Waals surface area contributed by atoms with E-state index >= 15 is 0 Å². The SMILES string of the molecule is CN(C)c1ccc(-c2oc(-c3ccc(C(C)(F)P)cc3)nc2C(=O)N(C)c2ccc(Cl)cc2)cc1. The van der Waals surface area contributed by atoms with Gasteiger partial charge in [0.05, 0.1) is 0 Å². The first kappa shape index (κ1) is 24.9. The molecule has 0 bridgehead atoms. The lowest BCUT2D eigenvalue weighted by Crippen LogP contribution is -2.27. The van der Waals surface area contributed by atoms with Crippen LogP contribution < -0.4 is 9.80 Å². The number of nitrogens with zero attached hydrogens (tertiary/aromatic N) is 3. The van der Waals surface area contributed by atoms with Crippen molar-refractivity contribution in [3.63, 3.8) is 0 Å². The Balaban J connectivity index is 1.78. The van der Waals surface area contributed by atoms with Gasteiger partial charge in [-0.05, 0) is 73.2 Å². The normalized spacial score (nSPS) is 12.8. The molecule has 180 valence electrons. The monoisotopic (exact) mass is 509 g/mol. The van der Waals surface area contributed by atoms with Crippen LogP contribution in [0.4, 0.5) is 15.8 Å². The van der Waals surface area contributed by atoms with Gasteiger partial charge in [-0.15, -0.1) is 0 Å². The van der Waals surface area contributed by atoms with Gasteiger partial charge < -0.3 is 14.2 Å². The molecule has 2 atom stereocenters. The number of hydrogen-bond acceptors (Lipinski definition) is 4. The van der Waals surface area contributed by atoms with Crippen molar-refractivity contribution >= 4 is 38.1 Å². The maximum Gasteiger partial charge on any atom is 0.280 e. The first-order valence-electron chi connectivity index (χ1n) is 11.0. The number of alkyl halides is 1. The van der Waals surface area contributed by atoms with Crippen molar-refractivity contribution in [3.8, 4) is 22.8 Å². The molecular formula is C27H26ClFN3O2P. The molecular weight excluding hydrogens is 484 g/mol. The number of oxazole rings is 1. The summed E-state index contributed by atoms with van der Waals surface area (Å²) in [7, 11) is 7.77. The van der Waals surface area contributed by atoms with Crippen LogP contribution in [0.1, 0.15) is 23.0 Å². The molecule has 3 aromatic carbocycles. The fourth-order valence-electron chi connectivity index (χ4n) is 3.57. The molecule has 0 aliphatic carbocycles. The van der Waals surface area contributed by atoms with Crippen LogP contribution in [0.25, 0.3) is 22.8 Å². The number of amides is 1. The van der Waals surface area contributed by atoms with E-state index in [2.05, 4.69) is 14.2 Å². The maximum atomic E-state index is 14.3. The van der Waals surface area contributed by atoms with Crippen LogP contribution in [0.2, 0.25) is 5.02 Å². The second-order valence-electron chi connectivity index (χ2n) is 8.63. The first-order valence-corrected chi connectivity index (χ1v) is 11.9. The van der Waals surface area contributed by atoms with Gasteiger partial charge in [-0.2, -0.15) is 0 Å². The van der Waals surface area contributed by atoms with Crippen LogP contribution in [0.15, 0.2) is 77.2 Å². The Morgan fingerprint density at radius 3 is 2.00 bits per heavy atom. The van der Waals surface area contributed by atoms with E-state index in [1.807, 2.05) is 43.3 Å². The highest BCUT2D eigenvalue weighted by Crippen LogP contribution is 2.36. The lowest BCUT2D eigenvalue weighted by molar-refractivity contribution is 0.0989. The zero-order chi connectivity index (χ0) is 25.3. The van der Waals surface area contributed by atoms with E-state index in [0.29, 0.717) is 27.6 Å². The van der Waals surface area contributed by atoms with Crippen LogP contribution in [-0.4, -0.2) is 32.0 Å². The van der Waals surface area contributed by atoms with Crippen LogP contribution in [0.3, 0.4) is 0 Å². The maximum absolute atomic E-state index is 14.3. The highest BCUT2D eigenvalue weighted by molar-refractivity contribution is 7.18. The Morgan fingerprint density at radius 1 is 0.914 bits per heavy atom. The minimum atomic E-state index is -1.54. The summed E-state index contributed by atoms with van der Waals surface area (Å²) in [6.45, 7) is 1.47. The summed E-state index contributed by atoms with van der Waals surface area (Å²) in [5.74, 6) is 0.314. The van der Waals surface area contributed by atoms with Crippen molar-refractivity contribution in [3.05, 3.63) is 89.1 Å². The molecule has 35 heavy (non-hydrogen) atoms. The molecule has 1 heterocycles. The van der Waals surface area contributed by atoms with E-state index in [0.717, 1.165) is 11.3 Å². The summed E-state index contributed by atoms with van der Waals surface area (Å²) in [5.41, 5.74) is 3.74. The number of hydrogen-bond donors (Lipinski definition) is 0. The van der Waals surface area contributed by atoms with E-state index < -0.39 is 5.41 Å². The average molecular weight is 510 g/mol. The number of carbonyl (C=O) groups is 1. The molecule has 0 radical (unpaired) electrons. The largest absolute Gasteiger partial charge is 0.435 e. The van der Waals surface area contributed by atoms with Crippen LogP contribution in [0, 0.1) is 0 Å². The Kier molecular flexibility index (Phi) is 6.98. The van der Waals surface area contributed by atoms with Gasteiger partial charge in [-0.25, -0.2) is 9.37 Å². The minimum Gasteiger partial charge on any atom is -0.435 e. The van der Waals surface area contributed by atoms with Crippen molar-refractivity contribution in [1.29, 1.82) is 0 Å². The van der Waals surface area contributed by atoms with Crippen LogP contribution in [0.5, 0.6) is 0 Å². The van der Waals surface area contributed by atoms with E-state index in [9.17, 15) is 9.18 Å². The average Bonchev–Trinajstić information content (AvgIpc) is 3.29. The van der Waals surface area contributed by atoms with Gasteiger partial charge in [0.2, 0.25) is 5.89 Å². The van der Waals surface area contributed by atoms with E-state index in [1.54, 1.807) is 55.6 Å². The molecule has 0 spiro atoms. The van der Waals surface area contributed by atoms with E-state index in [4.69, 9.17) is 16.0 Å². The second kappa shape index (κ2) is 9.80. The van der Waals surface area contributed by atoms with Crippen molar-refractivity contribution in [2.24, 2.45) is 0 Å².